The molecule has 1 atom stereocenters. The Morgan fingerprint density at radius 1 is 1.44 bits per heavy atom. The summed E-state index contributed by atoms with van der Waals surface area (Å²) in [6.45, 7) is 3.19. The third kappa shape index (κ3) is 2.95. The number of aliphatic hydroxyl groups excluding tert-OH is 1. The second-order valence-corrected chi connectivity index (χ2v) is 4.39. The summed E-state index contributed by atoms with van der Waals surface area (Å²) in [6, 6.07) is 0. The molecule has 0 radical (unpaired) electrons. The topological polar surface area (TPSA) is 75.3 Å². The first kappa shape index (κ1) is 12.8. The molecule has 1 unspecified atom stereocenters. The molecule has 6 heteroatoms. The number of aromatic nitrogens is 4. The summed E-state index contributed by atoms with van der Waals surface area (Å²) < 4.78 is 1.83. The van der Waals surface area contributed by atoms with Crippen molar-refractivity contribution < 1.29 is 5.11 Å². The Kier molecular flexibility index (Phi) is 4.46. The average molecular weight is 249 g/mol. The van der Waals surface area contributed by atoms with Gasteiger partial charge in [-0.2, -0.15) is 0 Å². The number of hydrogen-bond acceptors (Lipinski definition) is 5. The smallest absolute Gasteiger partial charge is 0.203 e. The van der Waals surface area contributed by atoms with Crippen molar-refractivity contribution in [2.24, 2.45) is 5.92 Å². The van der Waals surface area contributed by atoms with E-state index in [0.717, 1.165) is 37.3 Å². The number of fused-ring (bicyclic) bond motifs is 1. The highest BCUT2D eigenvalue weighted by molar-refractivity contribution is 5.61. The molecule has 6 nitrogen and oxygen atoms in total. The SMILES string of the molecule is CCCC(CCO)CNc1nccn2cnnc12. The van der Waals surface area contributed by atoms with Gasteiger partial charge in [0.15, 0.2) is 5.82 Å². The molecular formula is C12H19N5O. The molecule has 2 aromatic heterocycles. The molecule has 0 aromatic carbocycles. The van der Waals surface area contributed by atoms with Gasteiger partial charge in [-0.15, -0.1) is 10.2 Å². The predicted octanol–water partition coefficient (Wildman–Crippen LogP) is 1.33. The van der Waals surface area contributed by atoms with Crippen LogP contribution in [0.3, 0.4) is 0 Å². The molecule has 98 valence electrons. The quantitative estimate of drug-likeness (QED) is 0.774. The monoisotopic (exact) mass is 249 g/mol. The van der Waals surface area contributed by atoms with Crippen molar-refractivity contribution in [3.63, 3.8) is 0 Å². The molecule has 0 aliphatic carbocycles. The molecule has 0 bridgehead atoms. The minimum atomic E-state index is 0.231. The molecule has 0 aliphatic heterocycles. The molecule has 2 aromatic rings. The van der Waals surface area contributed by atoms with Crippen molar-refractivity contribution in [2.75, 3.05) is 18.5 Å². The second-order valence-electron chi connectivity index (χ2n) is 4.39. The minimum Gasteiger partial charge on any atom is -0.396 e. The second kappa shape index (κ2) is 6.30. The van der Waals surface area contributed by atoms with E-state index in [9.17, 15) is 0 Å². The van der Waals surface area contributed by atoms with E-state index in [1.54, 1.807) is 12.5 Å². The molecule has 0 fully saturated rings. The van der Waals surface area contributed by atoms with Gasteiger partial charge in [0.25, 0.3) is 0 Å². The van der Waals surface area contributed by atoms with Crippen molar-refractivity contribution in [3.8, 4) is 0 Å². The molecule has 0 spiro atoms. The van der Waals surface area contributed by atoms with Crippen LogP contribution in [0.15, 0.2) is 18.7 Å². The van der Waals surface area contributed by atoms with Crippen LogP contribution in [0.4, 0.5) is 5.82 Å². The van der Waals surface area contributed by atoms with Gasteiger partial charge < -0.3 is 10.4 Å². The van der Waals surface area contributed by atoms with Crippen molar-refractivity contribution in [3.05, 3.63) is 18.7 Å². The van der Waals surface area contributed by atoms with Gasteiger partial charge >= 0.3 is 0 Å². The van der Waals surface area contributed by atoms with E-state index in [4.69, 9.17) is 5.11 Å². The minimum absolute atomic E-state index is 0.231. The van der Waals surface area contributed by atoms with E-state index in [1.807, 2.05) is 10.6 Å². The molecule has 2 heterocycles. The highest BCUT2D eigenvalue weighted by Gasteiger charge is 2.09. The zero-order valence-corrected chi connectivity index (χ0v) is 10.6. The fourth-order valence-corrected chi connectivity index (χ4v) is 2.06. The lowest BCUT2D eigenvalue weighted by molar-refractivity contribution is 0.255. The number of nitrogens with one attached hydrogen (secondary N) is 1. The van der Waals surface area contributed by atoms with Crippen LogP contribution in [-0.2, 0) is 0 Å². The lowest BCUT2D eigenvalue weighted by Crippen LogP contribution is -2.16. The number of anilines is 1. The van der Waals surface area contributed by atoms with Gasteiger partial charge in [0.2, 0.25) is 5.65 Å². The van der Waals surface area contributed by atoms with Gasteiger partial charge in [0.1, 0.15) is 6.33 Å². The average Bonchev–Trinajstić information content (AvgIpc) is 2.85. The number of aliphatic hydroxyl groups is 1. The largest absolute Gasteiger partial charge is 0.396 e. The van der Waals surface area contributed by atoms with Crippen molar-refractivity contribution >= 4 is 11.5 Å². The van der Waals surface area contributed by atoms with Crippen LogP contribution in [0.2, 0.25) is 0 Å². The molecule has 0 aliphatic rings. The first-order chi connectivity index (χ1) is 8.85. The Bertz CT molecular complexity index is 478. The van der Waals surface area contributed by atoms with E-state index < -0.39 is 0 Å². The lowest BCUT2D eigenvalue weighted by atomic mass is 10.0. The van der Waals surface area contributed by atoms with Crippen molar-refractivity contribution in [2.45, 2.75) is 26.2 Å². The van der Waals surface area contributed by atoms with E-state index in [-0.39, 0.29) is 6.61 Å². The van der Waals surface area contributed by atoms with Crippen LogP contribution in [0.1, 0.15) is 26.2 Å². The van der Waals surface area contributed by atoms with Gasteiger partial charge in [0.05, 0.1) is 0 Å². The number of nitrogens with zero attached hydrogens (tertiary/aromatic N) is 4. The van der Waals surface area contributed by atoms with Gasteiger partial charge in [-0.1, -0.05) is 13.3 Å². The van der Waals surface area contributed by atoms with Gasteiger partial charge in [-0.05, 0) is 18.8 Å². The molecule has 0 amide bonds. The van der Waals surface area contributed by atoms with E-state index in [2.05, 4.69) is 27.4 Å². The Labute approximate surface area is 106 Å². The third-order valence-corrected chi connectivity index (χ3v) is 3.01. The summed E-state index contributed by atoms with van der Waals surface area (Å²) in [6.07, 6.45) is 8.23. The standard InChI is InChI=1S/C12H19N5O/c1-2-3-10(4-7-18)8-14-11-12-16-15-9-17(12)6-5-13-11/h5-6,9-10,18H,2-4,7-8H2,1H3,(H,13,14). The summed E-state index contributed by atoms with van der Waals surface area (Å²) in [7, 11) is 0. The Morgan fingerprint density at radius 3 is 3.11 bits per heavy atom. The summed E-state index contributed by atoms with van der Waals surface area (Å²) in [4.78, 5) is 4.27. The van der Waals surface area contributed by atoms with Gasteiger partial charge in [-0.3, -0.25) is 4.40 Å². The van der Waals surface area contributed by atoms with Crippen LogP contribution in [0, 0.1) is 5.92 Å². The molecule has 0 saturated heterocycles. The van der Waals surface area contributed by atoms with Crippen LogP contribution < -0.4 is 5.32 Å². The zero-order valence-electron chi connectivity index (χ0n) is 10.6. The van der Waals surface area contributed by atoms with Crippen molar-refractivity contribution in [1.82, 2.24) is 19.6 Å². The molecular weight excluding hydrogens is 230 g/mol. The maximum Gasteiger partial charge on any atom is 0.203 e. The first-order valence-corrected chi connectivity index (χ1v) is 6.34. The van der Waals surface area contributed by atoms with Gasteiger partial charge in [-0.25, -0.2) is 4.98 Å². The number of hydrogen-bond donors (Lipinski definition) is 2. The summed E-state index contributed by atoms with van der Waals surface area (Å²) in [5.74, 6) is 1.21. The molecule has 2 N–H and O–H groups in total. The first-order valence-electron chi connectivity index (χ1n) is 6.34. The third-order valence-electron chi connectivity index (χ3n) is 3.01. The van der Waals surface area contributed by atoms with E-state index in [0.29, 0.717) is 5.92 Å². The molecule has 0 saturated carbocycles. The van der Waals surface area contributed by atoms with E-state index in [1.165, 1.54) is 0 Å². The van der Waals surface area contributed by atoms with Crippen LogP contribution in [0.5, 0.6) is 0 Å². The molecule has 2 rings (SSSR count). The maximum atomic E-state index is 9.03. The van der Waals surface area contributed by atoms with Crippen LogP contribution in [-0.4, -0.2) is 37.8 Å². The predicted molar refractivity (Wildman–Crippen MR) is 69.4 cm³/mol. The van der Waals surface area contributed by atoms with Crippen LogP contribution in [0.25, 0.3) is 5.65 Å². The Balaban J connectivity index is 2.02. The van der Waals surface area contributed by atoms with Gasteiger partial charge in [0, 0.05) is 25.5 Å². The number of rotatable bonds is 7. The zero-order chi connectivity index (χ0) is 12.8. The highest BCUT2D eigenvalue weighted by atomic mass is 16.3. The van der Waals surface area contributed by atoms with E-state index >= 15 is 0 Å². The summed E-state index contributed by atoms with van der Waals surface area (Å²) >= 11 is 0. The normalized spacial score (nSPS) is 12.8. The lowest BCUT2D eigenvalue weighted by Gasteiger charge is -2.15. The molecule has 18 heavy (non-hydrogen) atoms. The Morgan fingerprint density at radius 2 is 2.33 bits per heavy atom. The highest BCUT2D eigenvalue weighted by Crippen LogP contribution is 2.14. The fraction of sp³-hybridized carbons (Fsp3) is 0.583. The summed E-state index contributed by atoms with van der Waals surface area (Å²) in [5.41, 5.74) is 0.733. The Hall–Kier alpha value is -1.69. The van der Waals surface area contributed by atoms with Crippen molar-refractivity contribution in [1.29, 1.82) is 0 Å². The summed E-state index contributed by atoms with van der Waals surface area (Å²) in [5, 5.41) is 20.2. The van der Waals surface area contributed by atoms with Crippen LogP contribution >= 0.6 is 0 Å². The fourth-order valence-electron chi connectivity index (χ4n) is 2.06. The maximum absolute atomic E-state index is 9.03.